The molecule has 0 aliphatic carbocycles. The largest absolute Gasteiger partial charge is 0.322 e. The van der Waals surface area contributed by atoms with E-state index >= 15 is 0 Å². The fourth-order valence-electron chi connectivity index (χ4n) is 1.90. The molecule has 0 aromatic heterocycles. The summed E-state index contributed by atoms with van der Waals surface area (Å²) >= 11 is 0. The minimum Gasteiger partial charge on any atom is -0.322 e. The second kappa shape index (κ2) is 6.13. The summed E-state index contributed by atoms with van der Waals surface area (Å²) in [5.41, 5.74) is 1.17. The van der Waals surface area contributed by atoms with Gasteiger partial charge in [-0.15, -0.1) is 0 Å². The molecule has 0 saturated heterocycles. The summed E-state index contributed by atoms with van der Waals surface area (Å²) in [5, 5.41) is 13.5. The van der Waals surface area contributed by atoms with Crippen LogP contribution >= 0.6 is 0 Å². The number of benzene rings is 2. The molecule has 0 heterocycles. The maximum atomic E-state index is 12.7. The summed E-state index contributed by atoms with van der Waals surface area (Å²) in [6, 6.07) is 10.9. The number of aryl methyl sites for hydroxylation is 1. The van der Waals surface area contributed by atoms with Crippen molar-refractivity contribution in [2.45, 2.75) is 13.6 Å². The molecular formula is C15H13FN2O3. The third-order valence-corrected chi connectivity index (χ3v) is 3.08. The molecule has 5 nitrogen and oxygen atoms in total. The first-order valence-corrected chi connectivity index (χ1v) is 6.23. The molecule has 0 aliphatic rings. The highest BCUT2D eigenvalue weighted by Crippen LogP contribution is 2.22. The van der Waals surface area contributed by atoms with Gasteiger partial charge in [-0.25, -0.2) is 4.39 Å². The van der Waals surface area contributed by atoms with Gasteiger partial charge in [0.05, 0.1) is 10.5 Å². The molecule has 0 unspecified atom stereocenters. The Bertz CT molecular complexity index is 701. The minimum atomic E-state index is -0.948. The van der Waals surface area contributed by atoms with Crippen molar-refractivity contribution in [3.8, 4) is 0 Å². The zero-order valence-corrected chi connectivity index (χ0v) is 11.3. The number of alkyl halides is 1. The van der Waals surface area contributed by atoms with Gasteiger partial charge in [-0.3, -0.25) is 14.9 Å². The summed E-state index contributed by atoms with van der Waals surface area (Å²) in [6.45, 7) is 0.889. The van der Waals surface area contributed by atoms with Gasteiger partial charge in [0, 0.05) is 17.3 Å². The highest BCUT2D eigenvalue weighted by molar-refractivity contribution is 6.05. The second-order valence-corrected chi connectivity index (χ2v) is 4.50. The zero-order chi connectivity index (χ0) is 15.4. The molecule has 2 aromatic carbocycles. The van der Waals surface area contributed by atoms with Crippen molar-refractivity contribution in [1.82, 2.24) is 0 Å². The van der Waals surface area contributed by atoms with Crippen molar-refractivity contribution in [2.24, 2.45) is 0 Å². The molecule has 0 fully saturated rings. The SMILES string of the molecule is Cc1ccccc1NC(=O)c1ccc(CF)c([N+](=O)[O-])c1. The summed E-state index contributed by atoms with van der Waals surface area (Å²) in [5.74, 6) is -0.474. The number of carbonyl (C=O) groups excluding carboxylic acids is 1. The van der Waals surface area contributed by atoms with Gasteiger partial charge in [-0.2, -0.15) is 0 Å². The van der Waals surface area contributed by atoms with E-state index in [2.05, 4.69) is 5.32 Å². The van der Waals surface area contributed by atoms with Crippen molar-refractivity contribution >= 4 is 17.3 Å². The smallest absolute Gasteiger partial charge is 0.276 e. The number of hydrogen-bond donors (Lipinski definition) is 1. The average Bonchev–Trinajstić information content (AvgIpc) is 2.48. The molecule has 1 N–H and O–H groups in total. The van der Waals surface area contributed by atoms with Crippen LogP contribution in [-0.2, 0) is 6.67 Å². The Hall–Kier alpha value is -2.76. The van der Waals surface area contributed by atoms with Gasteiger partial charge in [-0.1, -0.05) is 18.2 Å². The summed E-state index contributed by atoms with van der Waals surface area (Å²) in [6.07, 6.45) is 0. The van der Waals surface area contributed by atoms with Crippen LogP contribution < -0.4 is 5.32 Å². The second-order valence-electron chi connectivity index (χ2n) is 4.50. The number of anilines is 1. The Morgan fingerprint density at radius 1 is 1.29 bits per heavy atom. The van der Waals surface area contributed by atoms with E-state index in [0.29, 0.717) is 5.69 Å². The van der Waals surface area contributed by atoms with E-state index in [-0.39, 0.29) is 11.1 Å². The quantitative estimate of drug-likeness (QED) is 0.689. The molecule has 2 aromatic rings. The van der Waals surface area contributed by atoms with E-state index in [1.54, 1.807) is 12.1 Å². The van der Waals surface area contributed by atoms with Crippen LogP contribution in [0.3, 0.4) is 0 Å². The fraction of sp³-hybridized carbons (Fsp3) is 0.133. The molecule has 0 bridgehead atoms. The summed E-state index contributed by atoms with van der Waals surface area (Å²) < 4.78 is 12.7. The Balaban J connectivity index is 2.30. The van der Waals surface area contributed by atoms with E-state index in [1.807, 2.05) is 19.1 Å². The van der Waals surface area contributed by atoms with Gasteiger partial charge in [0.25, 0.3) is 11.6 Å². The van der Waals surface area contributed by atoms with Gasteiger partial charge in [0.15, 0.2) is 0 Å². The third kappa shape index (κ3) is 3.22. The van der Waals surface area contributed by atoms with Gasteiger partial charge in [0.1, 0.15) is 6.67 Å². The third-order valence-electron chi connectivity index (χ3n) is 3.08. The van der Waals surface area contributed by atoms with Gasteiger partial charge in [0.2, 0.25) is 0 Å². The normalized spacial score (nSPS) is 10.2. The first-order valence-electron chi connectivity index (χ1n) is 6.23. The Morgan fingerprint density at radius 2 is 2.00 bits per heavy atom. The number of nitrogens with zero attached hydrogens (tertiary/aromatic N) is 1. The monoisotopic (exact) mass is 288 g/mol. The molecule has 108 valence electrons. The van der Waals surface area contributed by atoms with E-state index in [9.17, 15) is 19.3 Å². The van der Waals surface area contributed by atoms with Crippen LogP contribution in [-0.4, -0.2) is 10.8 Å². The van der Waals surface area contributed by atoms with Crippen molar-refractivity contribution in [3.05, 3.63) is 69.3 Å². The molecular weight excluding hydrogens is 275 g/mol. The highest BCUT2D eigenvalue weighted by Gasteiger charge is 2.17. The lowest BCUT2D eigenvalue weighted by Gasteiger charge is -2.08. The molecule has 0 radical (unpaired) electrons. The van der Waals surface area contributed by atoms with Crippen LogP contribution in [0.1, 0.15) is 21.5 Å². The topological polar surface area (TPSA) is 72.2 Å². The number of carbonyl (C=O) groups is 1. The Labute approximate surface area is 120 Å². The maximum absolute atomic E-state index is 12.7. The number of rotatable bonds is 4. The number of hydrogen-bond acceptors (Lipinski definition) is 3. The Morgan fingerprint density at radius 3 is 2.62 bits per heavy atom. The lowest BCUT2D eigenvalue weighted by molar-refractivity contribution is -0.385. The van der Waals surface area contributed by atoms with Crippen LogP contribution in [0.5, 0.6) is 0 Å². The van der Waals surface area contributed by atoms with Crippen LogP contribution in [0.2, 0.25) is 0 Å². The van der Waals surface area contributed by atoms with Crippen molar-refractivity contribution in [1.29, 1.82) is 0 Å². The first kappa shape index (κ1) is 14.6. The zero-order valence-electron chi connectivity index (χ0n) is 11.3. The van der Waals surface area contributed by atoms with E-state index in [0.717, 1.165) is 11.6 Å². The molecule has 2 rings (SSSR count). The molecule has 0 spiro atoms. The van der Waals surface area contributed by atoms with Crippen molar-refractivity contribution < 1.29 is 14.1 Å². The average molecular weight is 288 g/mol. The summed E-state index contributed by atoms with van der Waals surface area (Å²) in [4.78, 5) is 22.3. The van der Waals surface area contributed by atoms with E-state index < -0.39 is 23.2 Å². The van der Waals surface area contributed by atoms with E-state index in [4.69, 9.17) is 0 Å². The number of amides is 1. The lowest BCUT2D eigenvalue weighted by Crippen LogP contribution is -2.13. The van der Waals surface area contributed by atoms with Gasteiger partial charge in [-0.05, 0) is 30.7 Å². The van der Waals surface area contributed by atoms with Gasteiger partial charge < -0.3 is 5.32 Å². The predicted octanol–water partition coefficient (Wildman–Crippen LogP) is 3.63. The van der Waals surface area contributed by atoms with Crippen molar-refractivity contribution in [3.63, 3.8) is 0 Å². The maximum Gasteiger partial charge on any atom is 0.276 e. The molecule has 0 saturated carbocycles. The Kier molecular flexibility index (Phi) is 4.27. The number of nitro benzene ring substituents is 1. The summed E-state index contributed by atoms with van der Waals surface area (Å²) in [7, 11) is 0. The predicted molar refractivity (Wildman–Crippen MR) is 77.0 cm³/mol. The minimum absolute atomic E-state index is 0.0487. The molecule has 1 amide bonds. The molecule has 0 atom stereocenters. The fourth-order valence-corrected chi connectivity index (χ4v) is 1.90. The standard InChI is InChI=1S/C15H13FN2O3/c1-10-4-2-3-5-13(10)17-15(19)11-6-7-12(9-16)14(8-11)18(20)21/h2-8H,9H2,1H3,(H,17,19). The number of para-hydroxylation sites is 1. The van der Waals surface area contributed by atoms with Crippen LogP contribution in [0, 0.1) is 17.0 Å². The first-order chi connectivity index (χ1) is 10.0. The lowest BCUT2D eigenvalue weighted by atomic mass is 10.1. The molecule has 0 aliphatic heterocycles. The highest BCUT2D eigenvalue weighted by atomic mass is 19.1. The molecule has 6 heteroatoms. The van der Waals surface area contributed by atoms with Crippen LogP contribution in [0.25, 0.3) is 0 Å². The van der Waals surface area contributed by atoms with Crippen molar-refractivity contribution in [2.75, 3.05) is 5.32 Å². The number of nitrogens with one attached hydrogen (secondary N) is 1. The molecule has 21 heavy (non-hydrogen) atoms. The van der Waals surface area contributed by atoms with E-state index in [1.165, 1.54) is 12.1 Å². The van der Waals surface area contributed by atoms with Gasteiger partial charge >= 0.3 is 0 Å². The van der Waals surface area contributed by atoms with Crippen LogP contribution in [0.4, 0.5) is 15.8 Å². The van der Waals surface area contributed by atoms with Crippen LogP contribution in [0.15, 0.2) is 42.5 Å². The number of nitro groups is 1. The number of halogens is 1.